The summed E-state index contributed by atoms with van der Waals surface area (Å²) in [5.41, 5.74) is 6.18. The van der Waals surface area contributed by atoms with Gasteiger partial charge in [-0.25, -0.2) is 0 Å². The minimum absolute atomic E-state index is 0.0542. The maximum atomic E-state index is 12.2. The highest BCUT2D eigenvalue weighted by Gasteiger charge is 2.21. The molecule has 0 spiro atoms. The summed E-state index contributed by atoms with van der Waals surface area (Å²) >= 11 is 0. The summed E-state index contributed by atoms with van der Waals surface area (Å²) in [6.45, 7) is 5.18. The first-order valence-corrected chi connectivity index (χ1v) is 6.00. The number of nitrogens with zero attached hydrogens (tertiary/aromatic N) is 2. The highest BCUT2D eigenvalue weighted by atomic mass is 16.5. The molecule has 17 heavy (non-hydrogen) atoms. The van der Waals surface area contributed by atoms with Gasteiger partial charge in [0.05, 0.1) is 13.3 Å². The Kier molecular flexibility index (Phi) is 5.15. The van der Waals surface area contributed by atoms with Gasteiger partial charge in [-0.05, 0) is 19.4 Å². The smallest absolute Gasteiger partial charge is 0.184 e. The van der Waals surface area contributed by atoms with Crippen molar-refractivity contribution >= 4 is 5.78 Å². The Morgan fingerprint density at radius 3 is 2.76 bits per heavy atom. The monoisotopic (exact) mass is 239 g/mol. The molecule has 1 aromatic rings. The molecule has 5 nitrogen and oxygen atoms in total. The van der Waals surface area contributed by atoms with Crippen LogP contribution in [0.3, 0.4) is 0 Å². The molecule has 1 rings (SSSR count). The van der Waals surface area contributed by atoms with E-state index in [1.165, 1.54) is 0 Å². The fraction of sp³-hybridized carbons (Fsp3) is 0.667. The van der Waals surface area contributed by atoms with Gasteiger partial charge in [-0.15, -0.1) is 0 Å². The highest BCUT2D eigenvalue weighted by Crippen LogP contribution is 2.21. The first-order chi connectivity index (χ1) is 8.17. The first kappa shape index (κ1) is 13.7. The lowest BCUT2D eigenvalue weighted by Crippen LogP contribution is -2.20. The molecule has 0 saturated heterocycles. The van der Waals surface area contributed by atoms with Crippen LogP contribution in [0.1, 0.15) is 37.2 Å². The number of rotatable bonds is 7. The van der Waals surface area contributed by atoms with Crippen LogP contribution in [0.2, 0.25) is 0 Å². The molecule has 0 saturated carbocycles. The lowest BCUT2D eigenvalue weighted by atomic mass is 9.98. The van der Waals surface area contributed by atoms with Crippen molar-refractivity contribution in [3.05, 3.63) is 11.9 Å². The van der Waals surface area contributed by atoms with Crippen LogP contribution in [-0.4, -0.2) is 29.2 Å². The minimum Gasteiger partial charge on any atom is -0.493 e. The fourth-order valence-corrected chi connectivity index (χ4v) is 1.79. The van der Waals surface area contributed by atoms with Crippen LogP contribution in [0.25, 0.3) is 0 Å². The van der Waals surface area contributed by atoms with E-state index in [1.54, 1.807) is 18.0 Å². The zero-order chi connectivity index (χ0) is 12.8. The molecule has 1 unspecified atom stereocenters. The van der Waals surface area contributed by atoms with Crippen LogP contribution in [0, 0.1) is 5.92 Å². The fourth-order valence-electron chi connectivity index (χ4n) is 1.79. The Bertz CT molecular complexity index is 348. The molecule has 0 aliphatic carbocycles. The van der Waals surface area contributed by atoms with Crippen molar-refractivity contribution in [3.8, 4) is 5.75 Å². The van der Waals surface area contributed by atoms with Crippen LogP contribution < -0.4 is 10.5 Å². The largest absolute Gasteiger partial charge is 0.493 e. The van der Waals surface area contributed by atoms with E-state index in [-0.39, 0.29) is 11.7 Å². The van der Waals surface area contributed by atoms with Gasteiger partial charge in [0, 0.05) is 13.0 Å². The predicted molar refractivity (Wildman–Crippen MR) is 66.2 cm³/mol. The third kappa shape index (κ3) is 3.06. The van der Waals surface area contributed by atoms with Gasteiger partial charge in [0.25, 0.3) is 0 Å². The van der Waals surface area contributed by atoms with Crippen LogP contribution in [0.5, 0.6) is 5.75 Å². The molecule has 0 bridgehead atoms. The van der Waals surface area contributed by atoms with Crippen molar-refractivity contribution in [2.45, 2.75) is 33.2 Å². The summed E-state index contributed by atoms with van der Waals surface area (Å²) in [5, 5.41) is 4.13. The first-order valence-electron chi connectivity index (χ1n) is 6.00. The number of nitrogens with two attached hydrogens (primary N) is 1. The molecule has 0 radical (unpaired) electrons. The van der Waals surface area contributed by atoms with E-state index in [0.717, 1.165) is 6.42 Å². The summed E-state index contributed by atoms with van der Waals surface area (Å²) in [6.07, 6.45) is 2.94. The average Bonchev–Trinajstić information content (AvgIpc) is 2.78. The number of ketones is 1. The van der Waals surface area contributed by atoms with Gasteiger partial charge in [-0.1, -0.05) is 13.3 Å². The number of methoxy groups -OCH3 is 1. The average molecular weight is 239 g/mol. The van der Waals surface area contributed by atoms with Crippen molar-refractivity contribution in [1.82, 2.24) is 9.78 Å². The second-order valence-electron chi connectivity index (χ2n) is 4.01. The van der Waals surface area contributed by atoms with E-state index in [2.05, 4.69) is 5.10 Å². The summed E-state index contributed by atoms with van der Waals surface area (Å²) in [7, 11) is 1.55. The van der Waals surface area contributed by atoms with Crippen LogP contribution in [-0.2, 0) is 6.54 Å². The number of carbonyl (C=O) groups excluding carboxylic acids is 1. The zero-order valence-corrected chi connectivity index (χ0v) is 10.8. The molecule has 0 amide bonds. The number of Topliss-reactive ketones (excluding diaryl/α,β-unsaturated/α-hetero) is 1. The lowest BCUT2D eigenvalue weighted by molar-refractivity contribution is 0.0947. The van der Waals surface area contributed by atoms with Crippen LogP contribution in [0.4, 0.5) is 0 Å². The number of hydrogen-bond donors (Lipinski definition) is 1. The third-order valence-corrected chi connectivity index (χ3v) is 2.97. The number of hydrogen-bond acceptors (Lipinski definition) is 4. The normalized spacial score (nSPS) is 12.5. The van der Waals surface area contributed by atoms with E-state index >= 15 is 0 Å². The molecular formula is C12H21N3O2. The Hall–Kier alpha value is -1.36. The summed E-state index contributed by atoms with van der Waals surface area (Å²) in [4.78, 5) is 12.2. The van der Waals surface area contributed by atoms with Crippen molar-refractivity contribution in [1.29, 1.82) is 0 Å². The summed E-state index contributed by atoms with van der Waals surface area (Å²) in [5.74, 6) is 0.828. The maximum absolute atomic E-state index is 12.2. The molecule has 0 aliphatic rings. The van der Waals surface area contributed by atoms with Crippen molar-refractivity contribution < 1.29 is 9.53 Å². The number of carbonyl (C=O) groups is 1. The number of ether oxygens (including phenoxy) is 1. The molecule has 1 heterocycles. The van der Waals surface area contributed by atoms with E-state index < -0.39 is 0 Å². The van der Waals surface area contributed by atoms with Gasteiger partial charge < -0.3 is 10.5 Å². The van der Waals surface area contributed by atoms with Crippen LogP contribution >= 0.6 is 0 Å². The van der Waals surface area contributed by atoms with Crippen molar-refractivity contribution in [3.63, 3.8) is 0 Å². The van der Waals surface area contributed by atoms with E-state index in [0.29, 0.717) is 31.0 Å². The SMILES string of the molecule is CCC(CN)CC(=O)c1c(OC)cnn1CC. The minimum atomic E-state index is 0.0542. The van der Waals surface area contributed by atoms with E-state index in [9.17, 15) is 4.79 Å². The van der Waals surface area contributed by atoms with E-state index in [4.69, 9.17) is 10.5 Å². The van der Waals surface area contributed by atoms with Gasteiger partial charge in [-0.3, -0.25) is 9.48 Å². The topological polar surface area (TPSA) is 70.1 Å². The van der Waals surface area contributed by atoms with Crippen molar-refractivity contribution in [2.75, 3.05) is 13.7 Å². The molecular weight excluding hydrogens is 218 g/mol. The third-order valence-electron chi connectivity index (χ3n) is 2.97. The standard InChI is InChI=1S/C12H21N3O2/c1-4-9(7-13)6-10(16)12-11(17-3)8-14-15(12)5-2/h8-9H,4-7,13H2,1-3H3. The molecule has 0 aromatic carbocycles. The number of aromatic nitrogens is 2. The molecule has 5 heteroatoms. The summed E-state index contributed by atoms with van der Waals surface area (Å²) < 4.78 is 6.83. The molecule has 0 fully saturated rings. The van der Waals surface area contributed by atoms with E-state index in [1.807, 2.05) is 13.8 Å². The summed E-state index contributed by atoms with van der Waals surface area (Å²) in [6, 6.07) is 0. The van der Waals surface area contributed by atoms with Gasteiger partial charge in [-0.2, -0.15) is 5.10 Å². The molecule has 2 N–H and O–H groups in total. The van der Waals surface area contributed by atoms with Gasteiger partial charge in [0.2, 0.25) is 0 Å². The number of aryl methyl sites for hydroxylation is 1. The Balaban J connectivity index is 2.90. The highest BCUT2D eigenvalue weighted by molar-refractivity contribution is 5.97. The van der Waals surface area contributed by atoms with Crippen LogP contribution in [0.15, 0.2) is 6.20 Å². The quantitative estimate of drug-likeness (QED) is 0.731. The second-order valence-corrected chi connectivity index (χ2v) is 4.01. The molecule has 1 atom stereocenters. The van der Waals surface area contributed by atoms with Gasteiger partial charge in [0.1, 0.15) is 5.69 Å². The Labute approximate surface area is 102 Å². The maximum Gasteiger partial charge on any atom is 0.184 e. The molecule has 0 aliphatic heterocycles. The second kappa shape index (κ2) is 6.39. The van der Waals surface area contributed by atoms with Crippen molar-refractivity contribution in [2.24, 2.45) is 11.7 Å². The molecule has 1 aromatic heterocycles. The molecule has 96 valence electrons. The van der Waals surface area contributed by atoms with Gasteiger partial charge >= 0.3 is 0 Å². The zero-order valence-electron chi connectivity index (χ0n) is 10.8. The predicted octanol–water partition coefficient (Wildman–Crippen LogP) is 1.47. The Morgan fingerprint density at radius 1 is 1.59 bits per heavy atom. The van der Waals surface area contributed by atoms with Gasteiger partial charge in [0.15, 0.2) is 11.5 Å². The lowest BCUT2D eigenvalue weighted by Gasteiger charge is -2.12. The Morgan fingerprint density at radius 2 is 2.29 bits per heavy atom.